The lowest BCUT2D eigenvalue weighted by atomic mass is 9.82. The van der Waals surface area contributed by atoms with Crippen LogP contribution in [0.25, 0.3) is 0 Å². The van der Waals surface area contributed by atoms with Gasteiger partial charge in [0.2, 0.25) is 5.91 Å². The van der Waals surface area contributed by atoms with Crippen molar-refractivity contribution in [2.75, 3.05) is 32.7 Å². The number of carbonyl (C=O) groups is 2. The van der Waals surface area contributed by atoms with Gasteiger partial charge in [0.1, 0.15) is 11.4 Å². The average Bonchev–Trinajstić information content (AvgIpc) is 2.96. The second-order valence-corrected chi connectivity index (χ2v) is 14.7. The predicted molar refractivity (Wildman–Crippen MR) is 172 cm³/mol. The fourth-order valence-electron chi connectivity index (χ4n) is 6.65. The summed E-state index contributed by atoms with van der Waals surface area (Å²) in [5.41, 5.74) is 2.40. The van der Waals surface area contributed by atoms with Crippen LogP contribution in [-0.4, -0.2) is 77.4 Å². The maximum atomic E-state index is 13.9. The SMILES string of the molecule is CCc1ccccc1C(c1ccc(OC(F)(F)F)cc1)N1CCN(C(=O)CC2CCN(C(=O)OC(C)(C)C)CC2)[C@@H](C(C)(C)C)C1. The third kappa shape index (κ3) is 9.39. The first-order valence-corrected chi connectivity index (χ1v) is 16.4. The lowest BCUT2D eigenvalue weighted by molar-refractivity contribution is -0.274. The molecule has 2 aromatic carbocycles. The van der Waals surface area contributed by atoms with Gasteiger partial charge < -0.3 is 19.3 Å². The van der Waals surface area contributed by atoms with Crippen LogP contribution in [-0.2, 0) is 16.0 Å². The number of alkyl halides is 3. The summed E-state index contributed by atoms with van der Waals surface area (Å²) in [5.74, 6) is 0.0830. The Morgan fingerprint density at radius 2 is 1.52 bits per heavy atom. The highest BCUT2D eigenvalue weighted by Gasteiger charge is 2.41. The van der Waals surface area contributed by atoms with Crippen molar-refractivity contribution >= 4 is 12.0 Å². The van der Waals surface area contributed by atoms with E-state index in [2.05, 4.69) is 49.5 Å². The summed E-state index contributed by atoms with van der Waals surface area (Å²) in [4.78, 5) is 32.6. The van der Waals surface area contributed by atoms with Crippen LogP contribution in [0.3, 0.4) is 0 Å². The van der Waals surface area contributed by atoms with Crippen LogP contribution < -0.4 is 4.74 Å². The molecule has 0 saturated carbocycles. The molecular formula is C36H50F3N3O4. The summed E-state index contributed by atoms with van der Waals surface area (Å²) in [6, 6.07) is 14.1. The Kier molecular flexibility index (Phi) is 11.0. The van der Waals surface area contributed by atoms with Crippen molar-refractivity contribution in [3.8, 4) is 5.75 Å². The molecule has 7 nitrogen and oxygen atoms in total. The number of carbonyl (C=O) groups excluding carboxylic acids is 2. The van der Waals surface area contributed by atoms with Gasteiger partial charge >= 0.3 is 12.5 Å². The second-order valence-electron chi connectivity index (χ2n) is 14.7. The van der Waals surface area contributed by atoms with Crippen molar-refractivity contribution in [3.63, 3.8) is 0 Å². The zero-order valence-corrected chi connectivity index (χ0v) is 28.3. The first-order chi connectivity index (χ1) is 21.4. The molecular weight excluding hydrogens is 595 g/mol. The second kappa shape index (κ2) is 14.2. The fourth-order valence-corrected chi connectivity index (χ4v) is 6.65. The highest BCUT2D eigenvalue weighted by Crippen LogP contribution is 2.38. The van der Waals surface area contributed by atoms with Crippen LogP contribution in [0.5, 0.6) is 5.75 Å². The fraction of sp³-hybridized carbons (Fsp3) is 0.611. The van der Waals surface area contributed by atoms with Gasteiger partial charge in [0, 0.05) is 45.2 Å². The van der Waals surface area contributed by atoms with Crippen molar-refractivity contribution in [3.05, 3.63) is 65.2 Å². The molecule has 46 heavy (non-hydrogen) atoms. The van der Waals surface area contributed by atoms with Crippen LogP contribution in [0, 0.1) is 11.3 Å². The van der Waals surface area contributed by atoms with Gasteiger partial charge in [-0.3, -0.25) is 9.69 Å². The Balaban J connectivity index is 1.52. The summed E-state index contributed by atoms with van der Waals surface area (Å²) in [7, 11) is 0. The van der Waals surface area contributed by atoms with E-state index in [1.165, 1.54) is 17.7 Å². The third-order valence-electron chi connectivity index (χ3n) is 8.99. The van der Waals surface area contributed by atoms with Crippen LogP contribution in [0.15, 0.2) is 48.5 Å². The molecule has 0 N–H and O–H groups in total. The van der Waals surface area contributed by atoms with Crippen LogP contribution in [0.1, 0.15) is 90.5 Å². The summed E-state index contributed by atoms with van der Waals surface area (Å²) < 4.78 is 48.3. The zero-order valence-electron chi connectivity index (χ0n) is 28.3. The highest BCUT2D eigenvalue weighted by atomic mass is 19.4. The van der Waals surface area contributed by atoms with Gasteiger partial charge in [-0.25, -0.2) is 4.79 Å². The minimum Gasteiger partial charge on any atom is -0.444 e. The van der Waals surface area contributed by atoms with Crippen molar-refractivity contribution in [1.82, 2.24) is 14.7 Å². The number of halogens is 3. The molecule has 2 fully saturated rings. The van der Waals surface area contributed by atoms with Crippen LogP contribution in [0.2, 0.25) is 0 Å². The molecule has 1 unspecified atom stereocenters. The monoisotopic (exact) mass is 645 g/mol. The molecule has 2 aliphatic rings. The zero-order chi connectivity index (χ0) is 33.9. The highest BCUT2D eigenvalue weighted by molar-refractivity contribution is 5.77. The minimum atomic E-state index is -4.76. The number of amides is 2. The number of hydrogen-bond acceptors (Lipinski definition) is 5. The van der Waals surface area contributed by atoms with Crippen molar-refractivity contribution in [2.45, 2.75) is 98.2 Å². The van der Waals surface area contributed by atoms with E-state index >= 15 is 0 Å². The van der Waals surface area contributed by atoms with Crippen LogP contribution >= 0.6 is 0 Å². The normalized spacial score (nSPS) is 19.6. The lowest BCUT2D eigenvalue weighted by Gasteiger charge is -2.50. The molecule has 10 heteroatoms. The number of piperidine rings is 1. The Morgan fingerprint density at radius 3 is 2.09 bits per heavy atom. The summed E-state index contributed by atoms with van der Waals surface area (Å²) in [5, 5.41) is 0. The molecule has 254 valence electrons. The molecule has 2 atom stereocenters. The lowest BCUT2D eigenvalue weighted by Crippen LogP contribution is -2.60. The largest absolute Gasteiger partial charge is 0.573 e. The van der Waals surface area contributed by atoms with Crippen molar-refractivity contribution < 1.29 is 32.2 Å². The summed E-state index contributed by atoms with van der Waals surface area (Å²) in [6.07, 6.45) is -2.28. The maximum absolute atomic E-state index is 13.9. The molecule has 0 aliphatic carbocycles. The van der Waals surface area contributed by atoms with E-state index in [0.29, 0.717) is 39.1 Å². The predicted octanol–water partition coefficient (Wildman–Crippen LogP) is 7.83. The van der Waals surface area contributed by atoms with Gasteiger partial charge in [0.25, 0.3) is 0 Å². The van der Waals surface area contributed by atoms with Gasteiger partial charge in [0.15, 0.2) is 0 Å². The Morgan fingerprint density at radius 1 is 0.891 bits per heavy atom. The molecule has 2 aromatic rings. The third-order valence-corrected chi connectivity index (χ3v) is 8.99. The van der Waals surface area contributed by atoms with E-state index in [4.69, 9.17) is 4.74 Å². The number of ether oxygens (including phenoxy) is 2. The Bertz CT molecular complexity index is 1330. The number of likely N-dealkylation sites (tertiary alicyclic amines) is 1. The van der Waals surface area contributed by atoms with Gasteiger partial charge in [-0.2, -0.15) is 0 Å². The van der Waals surface area contributed by atoms with Gasteiger partial charge in [-0.1, -0.05) is 64.1 Å². The molecule has 0 bridgehead atoms. The molecule has 4 rings (SSSR count). The molecule has 2 saturated heterocycles. The molecule has 0 spiro atoms. The molecule has 2 heterocycles. The first-order valence-electron chi connectivity index (χ1n) is 16.4. The van der Waals surface area contributed by atoms with Gasteiger partial charge in [0.05, 0.1) is 6.04 Å². The van der Waals surface area contributed by atoms with E-state index in [0.717, 1.165) is 30.4 Å². The summed E-state index contributed by atoms with van der Waals surface area (Å²) in [6.45, 7) is 17.1. The molecule has 0 radical (unpaired) electrons. The number of benzene rings is 2. The standard InChI is InChI=1S/C36H50F3N3O4/c1-8-26-11-9-10-12-29(26)32(27-13-15-28(16-14-27)45-36(37,38)39)41-21-22-42(30(24-41)34(2,3)4)31(43)23-25-17-19-40(20-18-25)33(44)46-35(5,6)7/h9-16,25,30,32H,8,17-24H2,1-7H3/t30-,32?/m1/s1. The quantitative estimate of drug-likeness (QED) is 0.307. The van der Waals surface area contributed by atoms with E-state index in [1.807, 2.05) is 37.8 Å². The Hall–Kier alpha value is -3.27. The topological polar surface area (TPSA) is 62.3 Å². The van der Waals surface area contributed by atoms with E-state index in [9.17, 15) is 22.8 Å². The Labute approximate surface area is 272 Å². The van der Waals surface area contributed by atoms with Gasteiger partial charge in [-0.15, -0.1) is 13.2 Å². The maximum Gasteiger partial charge on any atom is 0.573 e. The van der Waals surface area contributed by atoms with E-state index < -0.39 is 12.0 Å². The van der Waals surface area contributed by atoms with Crippen molar-refractivity contribution in [1.29, 1.82) is 0 Å². The minimum absolute atomic E-state index is 0.0697. The molecule has 2 aliphatic heterocycles. The molecule has 0 aromatic heterocycles. The number of nitrogens with zero attached hydrogens (tertiary/aromatic N) is 3. The van der Waals surface area contributed by atoms with Gasteiger partial charge in [-0.05, 0) is 80.2 Å². The number of hydrogen-bond donors (Lipinski definition) is 0. The molecule has 2 amide bonds. The summed E-state index contributed by atoms with van der Waals surface area (Å²) >= 11 is 0. The smallest absolute Gasteiger partial charge is 0.444 e. The number of aryl methyl sites for hydroxylation is 1. The number of piperazine rings is 1. The van der Waals surface area contributed by atoms with Crippen molar-refractivity contribution in [2.24, 2.45) is 11.3 Å². The van der Waals surface area contributed by atoms with E-state index in [-0.39, 0.29) is 41.2 Å². The van der Waals surface area contributed by atoms with Crippen LogP contribution in [0.4, 0.5) is 18.0 Å². The van der Waals surface area contributed by atoms with E-state index in [1.54, 1.807) is 17.0 Å². The first kappa shape index (κ1) is 35.6. The average molecular weight is 646 g/mol. The number of rotatable bonds is 7.